The molecule has 1 aliphatic rings. The fraction of sp³-hybridized carbons (Fsp3) is 0.909. The van der Waals surface area contributed by atoms with Crippen molar-refractivity contribution in [3.8, 4) is 0 Å². The Balaban J connectivity index is 2.28. The third kappa shape index (κ3) is 11.0. The van der Waals surface area contributed by atoms with Gasteiger partial charge in [-0.05, 0) is 32.6 Å². The number of unbranched alkanes of at least 4 members (excludes halogenated alkanes) is 8. The Bertz CT molecular complexity index is 319. The topological polar surface area (TPSA) is 26.7 Å². The van der Waals surface area contributed by atoms with Crippen LogP contribution in [0.2, 0.25) is 0 Å². The van der Waals surface area contributed by atoms with Gasteiger partial charge in [0.05, 0.1) is 13.3 Å². The van der Waals surface area contributed by atoms with Crippen LogP contribution in [0.25, 0.3) is 0 Å². The van der Waals surface area contributed by atoms with E-state index >= 15 is 0 Å². The van der Waals surface area contributed by atoms with Crippen LogP contribution in [0, 0.1) is 0 Å². The molecule has 0 radical (unpaired) electrons. The van der Waals surface area contributed by atoms with Crippen molar-refractivity contribution in [2.24, 2.45) is 0 Å². The molecule has 0 saturated carbocycles. The second-order valence-electron chi connectivity index (χ2n) is 7.71. The van der Waals surface area contributed by atoms with Crippen LogP contribution < -0.4 is 0 Å². The highest BCUT2D eigenvalue weighted by Gasteiger charge is 2.25. The molecule has 1 aliphatic heterocycles. The monoisotopic (exact) mass is 352 g/mol. The summed E-state index contributed by atoms with van der Waals surface area (Å²) in [4.78, 5) is 5.09. The minimum absolute atomic E-state index is 0.293. The summed E-state index contributed by atoms with van der Waals surface area (Å²) in [5.41, 5.74) is 0. The molecule has 3 nitrogen and oxygen atoms in total. The van der Waals surface area contributed by atoms with Crippen molar-refractivity contribution < 1.29 is 5.11 Å². The maximum absolute atomic E-state index is 9.17. The van der Waals surface area contributed by atoms with Crippen molar-refractivity contribution >= 4 is 0 Å². The summed E-state index contributed by atoms with van der Waals surface area (Å²) in [6, 6.07) is 0.761. The van der Waals surface area contributed by atoms with Crippen LogP contribution in [-0.2, 0) is 0 Å². The van der Waals surface area contributed by atoms with Crippen LogP contribution >= 0.6 is 0 Å². The number of aliphatic hydroxyl groups is 1. The van der Waals surface area contributed by atoms with Crippen LogP contribution in [0.3, 0.4) is 0 Å². The van der Waals surface area contributed by atoms with Crippen molar-refractivity contribution in [3.63, 3.8) is 0 Å². The van der Waals surface area contributed by atoms with E-state index in [2.05, 4.69) is 35.8 Å². The lowest BCUT2D eigenvalue weighted by atomic mass is 9.99. The second-order valence-corrected chi connectivity index (χ2v) is 7.71. The van der Waals surface area contributed by atoms with E-state index in [9.17, 15) is 5.11 Å². The minimum Gasteiger partial charge on any atom is -0.395 e. The summed E-state index contributed by atoms with van der Waals surface area (Å²) in [5, 5.41) is 9.17. The van der Waals surface area contributed by atoms with E-state index in [1.807, 2.05) is 0 Å². The smallest absolute Gasteiger partial charge is 0.0558 e. The zero-order chi connectivity index (χ0) is 18.2. The predicted molar refractivity (Wildman–Crippen MR) is 110 cm³/mol. The van der Waals surface area contributed by atoms with Crippen molar-refractivity contribution in [1.82, 2.24) is 9.80 Å². The molecule has 1 atom stereocenters. The van der Waals surface area contributed by atoms with Crippen LogP contribution in [0.1, 0.15) is 90.9 Å². The first-order chi connectivity index (χ1) is 12.3. The Hall–Kier alpha value is -0.380. The van der Waals surface area contributed by atoms with E-state index in [0.29, 0.717) is 6.61 Å². The quantitative estimate of drug-likeness (QED) is 0.305. The van der Waals surface area contributed by atoms with E-state index in [-0.39, 0.29) is 0 Å². The van der Waals surface area contributed by atoms with Gasteiger partial charge >= 0.3 is 0 Å². The summed E-state index contributed by atoms with van der Waals surface area (Å²) in [6.07, 6.45) is 20.9. The molecule has 1 heterocycles. The molecule has 0 spiro atoms. The van der Waals surface area contributed by atoms with Gasteiger partial charge in [-0.15, -0.1) is 0 Å². The summed E-state index contributed by atoms with van der Waals surface area (Å²) in [5.74, 6) is 0. The lowest BCUT2D eigenvalue weighted by Gasteiger charge is -2.28. The highest BCUT2D eigenvalue weighted by Crippen LogP contribution is 2.21. The molecule has 25 heavy (non-hydrogen) atoms. The van der Waals surface area contributed by atoms with Gasteiger partial charge in [0.25, 0.3) is 0 Å². The third-order valence-corrected chi connectivity index (χ3v) is 5.55. The Morgan fingerprint density at radius 2 is 1.60 bits per heavy atom. The number of hydrogen-bond donors (Lipinski definition) is 1. The van der Waals surface area contributed by atoms with Gasteiger partial charge in [-0.1, -0.05) is 70.4 Å². The van der Waals surface area contributed by atoms with E-state index in [0.717, 1.165) is 25.8 Å². The molecule has 0 aromatic rings. The Labute approximate surface area is 157 Å². The van der Waals surface area contributed by atoms with Crippen molar-refractivity contribution in [1.29, 1.82) is 0 Å². The molecule has 148 valence electrons. The Morgan fingerprint density at radius 3 is 2.28 bits per heavy atom. The normalized spacial score (nSPS) is 17.7. The molecule has 0 aliphatic carbocycles. The number of aliphatic hydroxyl groups excluding tert-OH is 1. The van der Waals surface area contributed by atoms with Crippen molar-refractivity contribution in [2.45, 2.75) is 96.9 Å². The Kier molecular flexibility index (Phi) is 14.4. The fourth-order valence-electron chi connectivity index (χ4n) is 3.95. The molecule has 1 N–H and O–H groups in total. The first-order valence-electron chi connectivity index (χ1n) is 11.0. The van der Waals surface area contributed by atoms with E-state index < -0.39 is 0 Å². The van der Waals surface area contributed by atoms with Crippen LogP contribution in [0.4, 0.5) is 0 Å². The third-order valence-electron chi connectivity index (χ3n) is 5.55. The predicted octanol–water partition coefficient (Wildman–Crippen LogP) is 5.20. The minimum atomic E-state index is 0.293. The lowest BCUT2D eigenvalue weighted by Crippen LogP contribution is -2.35. The van der Waals surface area contributed by atoms with Crippen LogP contribution in [0.5, 0.6) is 0 Å². The first kappa shape index (κ1) is 22.7. The van der Waals surface area contributed by atoms with Crippen LogP contribution in [-0.4, -0.2) is 53.9 Å². The van der Waals surface area contributed by atoms with Gasteiger partial charge < -0.3 is 5.11 Å². The van der Waals surface area contributed by atoms with Crippen molar-refractivity contribution in [3.05, 3.63) is 12.2 Å². The molecule has 1 saturated heterocycles. The average Bonchev–Trinajstić information content (AvgIpc) is 3.08. The van der Waals surface area contributed by atoms with Gasteiger partial charge in [-0.2, -0.15) is 0 Å². The summed E-state index contributed by atoms with van der Waals surface area (Å²) >= 11 is 0. The summed E-state index contributed by atoms with van der Waals surface area (Å²) < 4.78 is 0. The van der Waals surface area contributed by atoms with Gasteiger partial charge in [-0.3, -0.25) is 9.80 Å². The molecule has 0 aromatic heterocycles. The van der Waals surface area contributed by atoms with E-state index in [1.54, 1.807) is 0 Å². The SMILES string of the molecule is CC=CCCCCCC(CCCCCCCC)N1CCN(CCO)C1. The maximum atomic E-state index is 9.17. The second kappa shape index (κ2) is 15.8. The zero-order valence-electron chi connectivity index (χ0n) is 17.1. The van der Waals surface area contributed by atoms with Crippen molar-refractivity contribution in [2.75, 3.05) is 32.9 Å². The number of nitrogens with zero attached hydrogens (tertiary/aromatic N) is 2. The van der Waals surface area contributed by atoms with E-state index in [4.69, 9.17) is 0 Å². The number of hydrogen-bond acceptors (Lipinski definition) is 3. The summed E-state index contributed by atoms with van der Waals surface area (Å²) in [7, 11) is 0. The van der Waals surface area contributed by atoms with Gasteiger partial charge in [-0.25, -0.2) is 0 Å². The number of β-amino-alcohol motifs (C(OH)–C–C–N with tert-alkyl or cyclic N) is 1. The largest absolute Gasteiger partial charge is 0.395 e. The molecule has 3 heteroatoms. The number of allylic oxidation sites excluding steroid dienone is 2. The highest BCUT2D eigenvalue weighted by molar-refractivity contribution is 4.80. The summed E-state index contributed by atoms with van der Waals surface area (Å²) in [6.45, 7) is 8.93. The van der Waals surface area contributed by atoms with Gasteiger partial charge in [0.2, 0.25) is 0 Å². The van der Waals surface area contributed by atoms with Gasteiger partial charge in [0.1, 0.15) is 0 Å². The first-order valence-corrected chi connectivity index (χ1v) is 11.0. The molecule has 1 rings (SSSR count). The van der Waals surface area contributed by atoms with Crippen LogP contribution in [0.15, 0.2) is 12.2 Å². The average molecular weight is 353 g/mol. The molecule has 0 aromatic carbocycles. The zero-order valence-corrected chi connectivity index (χ0v) is 17.1. The lowest BCUT2D eigenvalue weighted by molar-refractivity contribution is 0.153. The molecule has 1 fully saturated rings. The molecule has 0 amide bonds. The van der Waals surface area contributed by atoms with E-state index in [1.165, 1.54) is 83.6 Å². The van der Waals surface area contributed by atoms with Gasteiger partial charge in [0, 0.05) is 25.7 Å². The maximum Gasteiger partial charge on any atom is 0.0558 e. The van der Waals surface area contributed by atoms with Gasteiger partial charge in [0.15, 0.2) is 0 Å². The fourth-order valence-corrected chi connectivity index (χ4v) is 3.95. The molecular weight excluding hydrogens is 308 g/mol. The molecular formula is C22H44N2O. The molecule has 0 bridgehead atoms. The molecule has 1 unspecified atom stereocenters. The Morgan fingerprint density at radius 1 is 0.920 bits per heavy atom. The number of rotatable bonds is 16. The highest BCUT2D eigenvalue weighted by atomic mass is 16.3. The standard InChI is InChI=1S/C22H44N2O/c1-3-5-7-9-11-13-15-22(16-14-12-10-8-6-4-2)24-18-17-23(21-24)19-20-25/h3,5,22,25H,4,6-21H2,1-2H3.